The zero-order chi connectivity index (χ0) is 26.2. The first-order valence-electron chi connectivity index (χ1n) is 12.4. The molecule has 2 aromatic carbocycles. The van der Waals surface area contributed by atoms with Crippen molar-refractivity contribution in [2.24, 2.45) is 5.41 Å². The molecule has 4 rings (SSSR count). The average molecular weight is 553 g/mol. The van der Waals surface area contributed by atoms with Crippen molar-refractivity contribution >= 4 is 27.7 Å². The Balaban J connectivity index is 1.81. The van der Waals surface area contributed by atoms with Crippen molar-refractivity contribution in [3.8, 4) is 5.75 Å². The fraction of sp³-hybridized carbons (Fsp3) is 0.400. The van der Waals surface area contributed by atoms with Gasteiger partial charge in [0.15, 0.2) is 5.78 Å². The van der Waals surface area contributed by atoms with Gasteiger partial charge in [0.2, 0.25) is 0 Å². The summed E-state index contributed by atoms with van der Waals surface area (Å²) in [6.07, 6.45) is 1.20. The highest BCUT2D eigenvalue weighted by atomic mass is 79.9. The number of esters is 1. The Hall–Kier alpha value is -2.86. The van der Waals surface area contributed by atoms with Crippen molar-refractivity contribution in [3.63, 3.8) is 0 Å². The van der Waals surface area contributed by atoms with Gasteiger partial charge in [-0.3, -0.25) is 4.79 Å². The molecule has 1 atom stereocenters. The number of benzene rings is 2. The summed E-state index contributed by atoms with van der Waals surface area (Å²) < 4.78 is 12.5. The van der Waals surface area contributed by atoms with E-state index >= 15 is 0 Å². The largest absolute Gasteiger partial charge is 0.489 e. The number of carbonyl (C=O) groups is 2. The summed E-state index contributed by atoms with van der Waals surface area (Å²) in [5, 5.41) is 3.40. The van der Waals surface area contributed by atoms with Crippen LogP contribution in [-0.2, 0) is 20.9 Å². The standard InChI is InChI=1S/C30H34BrNO4/c1-7-35-29(34)26-19(4)32-24-14-30(5,6)15-25(33)28(24)27(26)23-13-20(17(2)12-18(23)3)16-36-22-10-8-21(31)9-11-22/h8-13,27,32H,7,14-16H2,1-6H3/t27-/m0/s1. The predicted molar refractivity (Wildman–Crippen MR) is 145 cm³/mol. The third kappa shape index (κ3) is 5.29. The van der Waals surface area contributed by atoms with Crippen LogP contribution < -0.4 is 10.1 Å². The van der Waals surface area contributed by atoms with Crippen molar-refractivity contribution in [2.75, 3.05) is 6.61 Å². The molecule has 2 aliphatic rings. The summed E-state index contributed by atoms with van der Waals surface area (Å²) in [4.78, 5) is 26.8. The van der Waals surface area contributed by atoms with Crippen LogP contribution in [0.4, 0.5) is 0 Å². The summed E-state index contributed by atoms with van der Waals surface area (Å²) in [5.74, 6) is 0.000154. The molecule has 1 heterocycles. The van der Waals surface area contributed by atoms with Gasteiger partial charge in [-0.25, -0.2) is 4.79 Å². The van der Waals surface area contributed by atoms with E-state index in [2.05, 4.69) is 54.2 Å². The maximum Gasteiger partial charge on any atom is 0.336 e. The molecule has 0 radical (unpaired) electrons. The lowest BCUT2D eigenvalue weighted by Gasteiger charge is -2.40. The highest BCUT2D eigenvalue weighted by Crippen LogP contribution is 2.47. The SMILES string of the molecule is CCOC(=O)C1=C(C)NC2=C(C(=O)CC(C)(C)C2)[C@H]1c1cc(COc2ccc(Br)cc2)c(C)cc1C. The number of rotatable bonds is 6. The molecule has 0 unspecified atom stereocenters. The Morgan fingerprint density at radius 3 is 2.44 bits per heavy atom. The van der Waals surface area contributed by atoms with Crippen LogP contribution in [0, 0.1) is 19.3 Å². The molecule has 1 N–H and O–H groups in total. The van der Waals surface area contributed by atoms with Gasteiger partial charge in [0.1, 0.15) is 12.4 Å². The highest BCUT2D eigenvalue weighted by molar-refractivity contribution is 9.10. The van der Waals surface area contributed by atoms with E-state index in [-0.39, 0.29) is 23.8 Å². The van der Waals surface area contributed by atoms with Crippen LogP contribution in [0.3, 0.4) is 0 Å². The summed E-state index contributed by atoms with van der Waals surface area (Å²) in [5.41, 5.74) is 6.82. The second kappa shape index (κ2) is 10.3. The van der Waals surface area contributed by atoms with Gasteiger partial charge >= 0.3 is 5.97 Å². The van der Waals surface area contributed by atoms with E-state index in [0.29, 0.717) is 24.2 Å². The number of ketones is 1. The molecule has 0 fully saturated rings. The molecule has 0 amide bonds. The third-order valence-electron chi connectivity index (χ3n) is 6.98. The zero-order valence-electron chi connectivity index (χ0n) is 21.9. The zero-order valence-corrected chi connectivity index (χ0v) is 23.5. The highest BCUT2D eigenvalue weighted by Gasteiger charge is 2.43. The minimum absolute atomic E-state index is 0.0840. The van der Waals surface area contributed by atoms with Crippen LogP contribution in [-0.4, -0.2) is 18.4 Å². The van der Waals surface area contributed by atoms with Gasteiger partial charge < -0.3 is 14.8 Å². The average Bonchev–Trinajstić information content (AvgIpc) is 2.78. The molecule has 1 aliphatic heterocycles. The molecule has 0 aromatic heterocycles. The number of nitrogens with one attached hydrogen (secondary N) is 1. The molecule has 6 heteroatoms. The summed E-state index contributed by atoms with van der Waals surface area (Å²) in [6.45, 7) is 12.7. The number of allylic oxidation sites excluding steroid dienone is 3. The first-order chi connectivity index (χ1) is 17.0. The van der Waals surface area contributed by atoms with Crippen LogP contribution in [0.2, 0.25) is 0 Å². The molecule has 190 valence electrons. The van der Waals surface area contributed by atoms with Gasteiger partial charge in [-0.15, -0.1) is 0 Å². The van der Waals surface area contributed by atoms with Gasteiger partial charge in [-0.1, -0.05) is 41.9 Å². The van der Waals surface area contributed by atoms with E-state index < -0.39 is 5.92 Å². The smallest absolute Gasteiger partial charge is 0.336 e. The Labute approximate surface area is 222 Å². The van der Waals surface area contributed by atoms with Gasteiger partial charge in [0.25, 0.3) is 0 Å². The Morgan fingerprint density at radius 2 is 1.78 bits per heavy atom. The molecule has 5 nitrogen and oxygen atoms in total. The van der Waals surface area contributed by atoms with Crippen LogP contribution in [0.15, 0.2) is 63.4 Å². The summed E-state index contributed by atoms with van der Waals surface area (Å²) in [7, 11) is 0. The van der Waals surface area contributed by atoms with Crippen molar-refractivity contribution in [1.29, 1.82) is 0 Å². The monoisotopic (exact) mass is 551 g/mol. The van der Waals surface area contributed by atoms with Gasteiger partial charge in [-0.05, 0) is 86.1 Å². The molecule has 36 heavy (non-hydrogen) atoms. The molecule has 0 spiro atoms. The molecular formula is C30H34BrNO4. The normalized spacial score (nSPS) is 19.1. The number of hydrogen-bond donors (Lipinski definition) is 1. The van der Waals surface area contributed by atoms with Crippen LogP contribution in [0.1, 0.15) is 68.7 Å². The Morgan fingerprint density at radius 1 is 1.08 bits per heavy atom. The first kappa shape index (κ1) is 26.2. The van der Waals surface area contributed by atoms with E-state index in [9.17, 15) is 9.59 Å². The molecule has 2 aromatic rings. The minimum Gasteiger partial charge on any atom is -0.489 e. The maximum absolute atomic E-state index is 13.6. The number of aryl methyl sites for hydroxylation is 2. The number of halogens is 1. The Kier molecular flexibility index (Phi) is 7.46. The molecule has 1 aliphatic carbocycles. The van der Waals surface area contributed by atoms with Crippen molar-refractivity contribution < 1.29 is 19.1 Å². The number of hydrogen-bond acceptors (Lipinski definition) is 5. The lowest BCUT2D eigenvalue weighted by Crippen LogP contribution is -2.39. The predicted octanol–water partition coefficient (Wildman–Crippen LogP) is 6.81. The van der Waals surface area contributed by atoms with E-state index in [0.717, 1.165) is 50.3 Å². The van der Waals surface area contributed by atoms with Crippen molar-refractivity contribution in [3.05, 3.63) is 85.7 Å². The van der Waals surface area contributed by atoms with Crippen molar-refractivity contribution in [2.45, 2.75) is 66.9 Å². The van der Waals surface area contributed by atoms with E-state index in [1.807, 2.05) is 38.1 Å². The fourth-order valence-electron chi connectivity index (χ4n) is 5.30. The van der Waals surface area contributed by atoms with E-state index in [4.69, 9.17) is 9.47 Å². The number of dihydropyridines is 1. The van der Waals surface area contributed by atoms with E-state index in [1.165, 1.54) is 0 Å². The number of Topliss-reactive ketones (excluding diaryl/α,β-unsaturated/α-hetero) is 1. The topological polar surface area (TPSA) is 64.6 Å². The Bertz CT molecular complexity index is 1270. The molecule has 0 saturated heterocycles. The molecule has 0 saturated carbocycles. The second-order valence-electron chi connectivity index (χ2n) is 10.5. The van der Waals surface area contributed by atoms with Gasteiger partial charge in [0, 0.05) is 33.8 Å². The fourth-order valence-corrected chi connectivity index (χ4v) is 5.57. The molecular weight excluding hydrogens is 518 g/mol. The first-order valence-corrected chi connectivity index (χ1v) is 13.2. The second-order valence-corrected chi connectivity index (χ2v) is 11.4. The number of carbonyl (C=O) groups excluding carboxylic acids is 2. The van der Waals surface area contributed by atoms with Gasteiger partial charge in [-0.2, -0.15) is 0 Å². The lowest BCUT2D eigenvalue weighted by molar-refractivity contribution is -0.138. The quantitative estimate of drug-likeness (QED) is 0.399. The van der Waals surface area contributed by atoms with Crippen LogP contribution >= 0.6 is 15.9 Å². The third-order valence-corrected chi connectivity index (χ3v) is 7.51. The van der Waals surface area contributed by atoms with Crippen LogP contribution in [0.25, 0.3) is 0 Å². The summed E-state index contributed by atoms with van der Waals surface area (Å²) in [6, 6.07) is 12.0. The van der Waals surface area contributed by atoms with Crippen molar-refractivity contribution in [1.82, 2.24) is 5.32 Å². The van der Waals surface area contributed by atoms with E-state index in [1.54, 1.807) is 6.92 Å². The number of ether oxygens (including phenoxy) is 2. The maximum atomic E-state index is 13.6. The van der Waals surface area contributed by atoms with Crippen LogP contribution in [0.5, 0.6) is 5.75 Å². The lowest BCUT2D eigenvalue weighted by atomic mass is 9.68. The summed E-state index contributed by atoms with van der Waals surface area (Å²) >= 11 is 3.45. The molecule has 0 bridgehead atoms. The minimum atomic E-state index is -0.476. The van der Waals surface area contributed by atoms with Gasteiger partial charge in [0.05, 0.1) is 12.2 Å².